The Labute approximate surface area is 212 Å². The molecule has 0 amide bonds. The van der Waals surface area contributed by atoms with E-state index in [9.17, 15) is 15.3 Å². The van der Waals surface area contributed by atoms with E-state index in [2.05, 4.69) is 11.1 Å². The zero-order valence-electron chi connectivity index (χ0n) is 18.9. The van der Waals surface area contributed by atoms with Crippen LogP contribution in [0.15, 0.2) is 65.8 Å². The van der Waals surface area contributed by atoms with Crippen LogP contribution in [0.3, 0.4) is 0 Å². The van der Waals surface area contributed by atoms with Crippen molar-refractivity contribution in [1.29, 1.82) is 10.5 Å². The SMILES string of the molecule is Cn1cncc1C(OCc1c(-c2cccc(Cl)c2)cc(C#N)c(=O)n1C)c1ccc(C#N)c(Cl)c1. The number of halogens is 2. The standard InChI is InChI=1S/C26H19Cl2N5O2/c1-32-15-31-13-23(32)25(17-6-7-18(11-29)22(28)10-17)35-14-24-21(16-4-3-5-20(27)8-16)9-19(12-30)26(34)33(24)2/h3-10,13,15,25H,14H2,1-2H3. The molecule has 0 saturated carbocycles. The highest BCUT2D eigenvalue weighted by molar-refractivity contribution is 6.31. The average Bonchev–Trinajstić information content (AvgIpc) is 3.27. The van der Waals surface area contributed by atoms with Crippen LogP contribution in [0.5, 0.6) is 0 Å². The summed E-state index contributed by atoms with van der Waals surface area (Å²) in [7, 11) is 3.45. The molecule has 2 aromatic heterocycles. The summed E-state index contributed by atoms with van der Waals surface area (Å²) >= 11 is 12.5. The second kappa shape index (κ2) is 10.2. The van der Waals surface area contributed by atoms with Gasteiger partial charge in [0.15, 0.2) is 0 Å². The summed E-state index contributed by atoms with van der Waals surface area (Å²) in [6, 6.07) is 17.9. The van der Waals surface area contributed by atoms with Gasteiger partial charge in [0.25, 0.3) is 5.56 Å². The molecule has 0 saturated heterocycles. The Morgan fingerprint density at radius 3 is 2.46 bits per heavy atom. The number of hydrogen-bond acceptors (Lipinski definition) is 5. The normalized spacial score (nSPS) is 11.6. The molecule has 0 radical (unpaired) electrons. The molecular formula is C26H19Cl2N5O2. The Morgan fingerprint density at radius 1 is 1.06 bits per heavy atom. The van der Waals surface area contributed by atoms with E-state index in [1.54, 1.807) is 62.0 Å². The second-order valence-electron chi connectivity index (χ2n) is 7.88. The van der Waals surface area contributed by atoms with E-state index >= 15 is 0 Å². The van der Waals surface area contributed by atoms with E-state index in [-0.39, 0.29) is 12.2 Å². The summed E-state index contributed by atoms with van der Waals surface area (Å²) in [5.74, 6) is 0. The van der Waals surface area contributed by atoms with Gasteiger partial charge in [-0.05, 0) is 41.5 Å². The second-order valence-corrected chi connectivity index (χ2v) is 8.72. The van der Waals surface area contributed by atoms with Gasteiger partial charge in [-0.25, -0.2) is 4.98 Å². The van der Waals surface area contributed by atoms with Crippen LogP contribution in [-0.2, 0) is 25.4 Å². The Hall–Kier alpha value is -3.88. The first kappa shape index (κ1) is 24.3. The van der Waals surface area contributed by atoms with Gasteiger partial charge < -0.3 is 13.9 Å². The number of ether oxygens (including phenoxy) is 1. The van der Waals surface area contributed by atoms with Crippen molar-refractivity contribution in [3.05, 3.63) is 110 Å². The summed E-state index contributed by atoms with van der Waals surface area (Å²) in [5.41, 5.74) is 3.42. The number of hydrogen-bond donors (Lipinski definition) is 0. The maximum Gasteiger partial charge on any atom is 0.268 e. The van der Waals surface area contributed by atoms with Crippen LogP contribution in [0.4, 0.5) is 0 Å². The van der Waals surface area contributed by atoms with Gasteiger partial charge in [0.2, 0.25) is 0 Å². The predicted molar refractivity (Wildman–Crippen MR) is 133 cm³/mol. The van der Waals surface area contributed by atoms with Gasteiger partial charge in [0, 0.05) is 24.7 Å². The molecular weight excluding hydrogens is 485 g/mol. The van der Waals surface area contributed by atoms with Crippen molar-refractivity contribution in [2.45, 2.75) is 12.7 Å². The summed E-state index contributed by atoms with van der Waals surface area (Å²) in [5, 5.41) is 19.6. The number of aryl methyl sites for hydroxylation is 1. The van der Waals surface area contributed by atoms with Gasteiger partial charge >= 0.3 is 0 Å². The first-order chi connectivity index (χ1) is 16.8. The molecule has 0 aliphatic heterocycles. The number of benzene rings is 2. The Kier molecular flexibility index (Phi) is 7.04. The molecule has 9 heteroatoms. The molecule has 4 aromatic rings. The average molecular weight is 504 g/mol. The number of pyridine rings is 1. The topological polar surface area (TPSA) is 96.6 Å². The van der Waals surface area contributed by atoms with Crippen LogP contribution in [-0.4, -0.2) is 14.1 Å². The summed E-state index contributed by atoms with van der Waals surface area (Å²) in [6.45, 7) is 0.0345. The Bertz CT molecular complexity index is 1560. The van der Waals surface area contributed by atoms with Crippen LogP contribution in [0.2, 0.25) is 10.0 Å². The fourth-order valence-electron chi connectivity index (χ4n) is 3.85. The molecule has 35 heavy (non-hydrogen) atoms. The van der Waals surface area contributed by atoms with Crippen molar-refractivity contribution >= 4 is 23.2 Å². The minimum absolute atomic E-state index is 0.0216. The van der Waals surface area contributed by atoms with E-state index < -0.39 is 11.7 Å². The lowest BCUT2D eigenvalue weighted by Crippen LogP contribution is -2.25. The van der Waals surface area contributed by atoms with E-state index in [1.807, 2.05) is 23.8 Å². The number of aromatic nitrogens is 3. The largest absolute Gasteiger partial charge is 0.361 e. The van der Waals surface area contributed by atoms with Gasteiger partial charge in [0.1, 0.15) is 23.8 Å². The third-order valence-corrected chi connectivity index (χ3v) is 6.27. The minimum atomic E-state index is -0.592. The van der Waals surface area contributed by atoms with Crippen LogP contribution in [0.25, 0.3) is 11.1 Å². The minimum Gasteiger partial charge on any atom is -0.361 e. The van der Waals surface area contributed by atoms with Gasteiger partial charge in [-0.1, -0.05) is 41.4 Å². The smallest absolute Gasteiger partial charge is 0.268 e. The molecule has 2 aromatic carbocycles. The number of rotatable bonds is 6. The highest BCUT2D eigenvalue weighted by Gasteiger charge is 2.22. The van der Waals surface area contributed by atoms with Crippen molar-refractivity contribution in [3.8, 4) is 23.3 Å². The number of nitriles is 2. The fraction of sp³-hybridized carbons (Fsp3) is 0.154. The van der Waals surface area contributed by atoms with Gasteiger partial charge in [-0.3, -0.25) is 4.79 Å². The molecule has 1 unspecified atom stereocenters. The molecule has 0 fully saturated rings. The lowest BCUT2D eigenvalue weighted by molar-refractivity contribution is 0.0585. The molecule has 0 bridgehead atoms. The predicted octanol–water partition coefficient (Wildman–Crippen LogP) is 5.14. The van der Waals surface area contributed by atoms with Crippen molar-refractivity contribution in [3.63, 3.8) is 0 Å². The zero-order valence-corrected chi connectivity index (χ0v) is 20.4. The zero-order chi connectivity index (χ0) is 25.1. The van der Waals surface area contributed by atoms with Gasteiger partial charge in [-0.15, -0.1) is 0 Å². The first-order valence-electron chi connectivity index (χ1n) is 10.5. The molecule has 174 valence electrons. The van der Waals surface area contributed by atoms with Crippen molar-refractivity contribution in [2.24, 2.45) is 14.1 Å². The Balaban J connectivity index is 1.81. The molecule has 2 heterocycles. The summed E-state index contributed by atoms with van der Waals surface area (Å²) in [6.07, 6.45) is 2.75. The van der Waals surface area contributed by atoms with Crippen LogP contribution in [0.1, 0.15) is 34.2 Å². The van der Waals surface area contributed by atoms with Crippen LogP contribution < -0.4 is 5.56 Å². The highest BCUT2D eigenvalue weighted by Crippen LogP contribution is 2.32. The van der Waals surface area contributed by atoms with E-state index in [1.165, 1.54) is 4.57 Å². The van der Waals surface area contributed by atoms with Crippen molar-refractivity contribution in [2.75, 3.05) is 0 Å². The van der Waals surface area contributed by atoms with Crippen molar-refractivity contribution < 1.29 is 4.74 Å². The van der Waals surface area contributed by atoms with Gasteiger partial charge in [0.05, 0.1) is 41.1 Å². The van der Waals surface area contributed by atoms with E-state index in [0.29, 0.717) is 26.9 Å². The third-order valence-electron chi connectivity index (χ3n) is 5.72. The fourth-order valence-corrected chi connectivity index (χ4v) is 4.28. The first-order valence-corrected chi connectivity index (χ1v) is 11.3. The van der Waals surface area contributed by atoms with E-state index in [0.717, 1.165) is 16.8 Å². The van der Waals surface area contributed by atoms with E-state index in [4.69, 9.17) is 27.9 Å². The molecule has 1 atom stereocenters. The summed E-state index contributed by atoms with van der Waals surface area (Å²) in [4.78, 5) is 17.0. The maximum absolute atomic E-state index is 12.8. The maximum atomic E-state index is 12.8. The molecule has 0 N–H and O–H groups in total. The molecule has 4 rings (SSSR count). The van der Waals surface area contributed by atoms with Crippen LogP contribution >= 0.6 is 23.2 Å². The highest BCUT2D eigenvalue weighted by atomic mass is 35.5. The lowest BCUT2D eigenvalue weighted by atomic mass is 10.0. The molecule has 0 aliphatic rings. The van der Waals surface area contributed by atoms with Gasteiger partial charge in [-0.2, -0.15) is 10.5 Å². The van der Waals surface area contributed by atoms with Crippen LogP contribution in [0, 0.1) is 22.7 Å². The van der Waals surface area contributed by atoms with Crippen molar-refractivity contribution in [1.82, 2.24) is 14.1 Å². The quantitative estimate of drug-likeness (QED) is 0.362. The number of imidazole rings is 1. The Morgan fingerprint density at radius 2 is 1.83 bits per heavy atom. The monoisotopic (exact) mass is 503 g/mol. The lowest BCUT2D eigenvalue weighted by Gasteiger charge is -2.22. The number of nitrogens with zero attached hydrogens (tertiary/aromatic N) is 5. The molecule has 0 aliphatic carbocycles. The third kappa shape index (κ3) is 4.84. The summed E-state index contributed by atoms with van der Waals surface area (Å²) < 4.78 is 9.64. The molecule has 7 nitrogen and oxygen atoms in total. The molecule has 0 spiro atoms.